The molecule has 2 N–H and O–H groups in total. The summed E-state index contributed by atoms with van der Waals surface area (Å²) in [5.74, 6) is 0. The van der Waals surface area contributed by atoms with Gasteiger partial charge in [-0.3, -0.25) is 0 Å². The fourth-order valence-electron chi connectivity index (χ4n) is 1.02. The Morgan fingerprint density at radius 2 is 1.82 bits per heavy atom. The molecule has 1 heteroatoms. The molecule has 0 unspecified atom stereocenters. The first kappa shape index (κ1) is 8.28. The topological polar surface area (TPSA) is 26.0 Å². The molecule has 0 heterocycles. The van der Waals surface area contributed by atoms with Gasteiger partial charge in [-0.15, -0.1) is 0 Å². The zero-order valence-corrected chi connectivity index (χ0v) is 7.17. The molecule has 0 aliphatic heterocycles. The van der Waals surface area contributed by atoms with Crippen molar-refractivity contribution in [2.24, 2.45) is 5.73 Å². The summed E-state index contributed by atoms with van der Waals surface area (Å²) < 4.78 is 0. The third-order valence-electron chi connectivity index (χ3n) is 2.17. The van der Waals surface area contributed by atoms with Gasteiger partial charge in [0.05, 0.1) is 0 Å². The van der Waals surface area contributed by atoms with Crippen LogP contribution in [0.2, 0.25) is 0 Å². The number of hydrogen-bond acceptors (Lipinski definition) is 1. The summed E-state index contributed by atoms with van der Waals surface area (Å²) in [6, 6.07) is 10.2. The minimum Gasteiger partial charge on any atom is -0.322 e. The van der Waals surface area contributed by atoms with E-state index in [2.05, 4.69) is 26.0 Å². The molecule has 0 saturated carbocycles. The first-order valence-corrected chi connectivity index (χ1v) is 4.01. The third-order valence-corrected chi connectivity index (χ3v) is 2.17. The summed E-state index contributed by atoms with van der Waals surface area (Å²) in [6.07, 6.45) is 0.969. The number of benzene rings is 1. The first-order valence-electron chi connectivity index (χ1n) is 4.01. The SMILES string of the molecule is CC[C@@](C)(N)c1ccccc1. The van der Waals surface area contributed by atoms with Crippen LogP contribution in [0.25, 0.3) is 0 Å². The monoisotopic (exact) mass is 149 g/mol. The van der Waals surface area contributed by atoms with E-state index in [0.29, 0.717) is 0 Å². The lowest BCUT2D eigenvalue weighted by Gasteiger charge is -2.22. The predicted molar refractivity (Wildman–Crippen MR) is 48.3 cm³/mol. The molecule has 1 atom stereocenters. The van der Waals surface area contributed by atoms with E-state index in [4.69, 9.17) is 5.73 Å². The first-order chi connectivity index (χ1) is 5.17. The minimum atomic E-state index is -0.165. The summed E-state index contributed by atoms with van der Waals surface area (Å²) in [4.78, 5) is 0. The Balaban J connectivity index is 2.93. The summed E-state index contributed by atoms with van der Waals surface area (Å²) in [7, 11) is 0. The molecule has 1 nitrogen and oxygen atoms in total. The van der Waals surface area contributed by atoms with Gasteiger partial charge in [0, 0.05) is 5.54 Å². The number of hydrogen-bond donors (Lipinski definition) is 1. The van der Waals surface area contributed by atoms with Crippen molar-refractivity contribution < 1.29 is 0 Å². The normalized spacial score (nSPS) is 15.9. The van der Waals surface area contributed by atoms with Gasteiger partial charge in [-0.05, 0) is 18.9 Å². The van der Waals surface area contributed by atoms with E-state index in [-0.39, 0.29) is 5.54 Å². The highest BCUT2D eigenvalue weighted by Gasteiger charge is 2.16. The van der Waals surface area contributed by atoms with Gasteiger partial charge in [-0.25, -0.2) is 0 Å². The molecule has 0 spiro atoms. The van der Waals surface area contributed by atoms with Crippen LogP contribution in [0.4, 0.5) is 0 Å². The highest BCUT2D eigenvalue weighted by molar-refractivity contribution is 5.22. The molecular formula is C10H15N. The van der Waals surface area contributed by atoms with Crippen LogP contribution in [0.1, 0.15) is 25.8 Å². The van der Waals surface area contributed by atoms with Crippen molar-refractivity contribution in [1.82, 2.24) is 0 Å². The number of rotatable bonds is 2. The van der Waals surface area contributed by atoms with Gasteiger partial charge in [0.25, 0.3) is 0 Å². The van der Waals surface area contributed by atoms with Gasteiger partial charge < -0.3 is 5.73 Å². The second kappa shape index (κ2) is 3.05. The van der Waals surface area contributed by atoms with E-state index >= 15 is 0 Å². The van der Waals surface area contributed by atoms with Crippen LogP contribution in [-0.2, 0) is 5.54 Å². The molecule has 0 amide bonds. The molecule has 0 aromatic heterocycles. The van der Waals surface area contributed by atoms with Crippen LogP contribution >= 0.6 is 0 Å². The molecule has 0 aliphatic rings. The quantitative estimate of drug-likeness (QED) is 0.685. The summed E-state index contributed by atoms with van der Waals surface area (Å²) in [6.45, 7) is 4.16. The van der Waals surface area contributed by atoms with Gasteiger partial charge in [0.15, 0.2) is 0 Å². The Kier molecular flexibility index (Phi) is 2.30. The van der Waals surface area contributed by atoms with Gasteiger partial charge in [0.1, 0.15) is 0 Å². The van der Waals surface area contributed by atoms with E-state index in [1.165, 1.54) is 5.56 Å². The molecule has 0 bridgehead atoms. The molecule has 60 valence electrons. The summed E-state index contributed by atoms with van der Waals surface area (Å²) >= 11 is 0. The van der Waals surface area contributed by atoms with Gasteiger partial charge in [-0.1, -0.05) is 37.3 Å². The van der Waals surface area contributed by atoms with Crippen LogP contribution in [0, 0.1) is 0 Å². The van der Waals surface area contributed by atoms with Crippen molar-refractivity contribution in [1.29, 1.82) is 0 Å². The van der Waals surface area contributed by atoms with E-state index in [0.717, 1.165) is 6.42 Å². The van der Waals surface area contributed by atoms with Crippen molar-refractivity contribution in [2.45, 2.75) is 25.8 Å². The van der Waals surface area contributed by atoms with Crippen LogP contribution in [0.3, 0.4) is 0 Å². The Hall–Kier alpha value is -0.820. The largest absolute Gasteiger partial charge is 0.322 e. The average molecular weight is 149 g/mol. The van der Waals surface area contributed by atoms with Gasteiger partial charge in [0.2, 0.25) is 0 Å². The lowest BCUT2D eigenvalue weighted by Crippen LogP contribution is -2.31. The fraction of sp³-hybridized carbons (Fsp3) is 0.400. The van der Waals surface area contributed by atoms with Crippen molar-refractivity contribution >= 4 is 0 Å². The van der Waals surface area contributed by atoms with E-state index in [9.17, 15) is 0 Å². The average Bonchev–Trinajstić information content (AvgIpc) is 2.06. The Morgan fingerprint density at radius 3 is 2.27 bits per heavy atom. The molecule has 0 fully saturated rings. The summed E-state index contributed by atoms with van der Waals surface area (Å²) in [5.41, 5.74) is 7.08. The van der Waals surface area contributed by atoms with E-state index in [1.807, 2.05) is 18.2 Å². The molecule has 1 rings (SSSR count). The number of nitrogens with two attached hydrogens (primary N) is 1. The van der Waals surface area contributed by atoms with Crippen LogP contribution in [0.5, 0.6) is 0 Å². The maximum Gasteiger partial charge on any atom is 0.0378 e. The van der Waals surface area contributed by atoms with Crippen LogP contribution < -0.4 is 5.73 Å². The Labute approximate surface area is 68.2 Å². The Morgan fingerprint density at radius 1 is 1.27 bits per heavy atom. The van der Waals surface area contributed by atoms with Crippen molar-refractivity contribution in [3.8, 4) is 0 Å². The highest BCUT2D eigenvalue weighted by atomic mass is 14.7. The molecule has 0 saturated heterocycles. The maximum absolute atomic E-state index is 6.04. The van der Waals surface area contributed by atoms with Gasteiger partial charge in [-0.2, -0.15) is 0 Å². The van der Waals surface area contributed by atoms with Crippen LogP contribution in [-0.4, -0.2) is 0 Å². The molecular weight excluding hydrogens is 134 g/mol. The second-order valence-corrected chi connectivity index (χ2v) is 3.14. The zero-order valence-electron chi connectivity index (χ0n) is 7.17. The van der Waals surface area contributed by atoms with Crippen LogP contribution in [0.15, 0.2) is 30.3 Å². The van der Waals surface area contributed by atoms with Crippen molar-refractivity contribution in [2.75, 3.05) is 0 Å². The Bertz CT molecular complexity index is 214. The third kappa shape index (κ3) is 1.81. The van der Waals surface area contributed by atoms with Crippen molar-refractivity contribution in [3.05, 3.63) is 35.9 Å². The standard InChI is InChI=1S/C10H15N/c1-3-10(2,11)9-7-5-4-6-8-9/h4-8H,3,11H2,1-2H3/t10-/m1/s1. The molecule has 0 aliphatic carbocycles. The van der Waals surface area contributed by atoms with Gasteiger partial charge >= 0.3 is 0 Å². The van der Waals surface area contributed by atoms with E-state index in [1.54, 1.807) is 0 Å². The summed E-state index contributed by atoms with van der Waals surface area (Å²) in [5, 5.41) is 0. The second-order valence-electron chi connectivity index (χ2n) is 3.14. The lowest BCUT2D eigenvalue weighted by atomic mass is 9.91. The minimum absolute atomic E-state index is 0.165. The maximum atomic E-state index is 6.04. The van der Waals surface area contributed by atoms with Crippen molar-refractivity contribution in [3.63, 3.8) is 0 Å². The fourth-order valence-corrected chi connectivity index (χ4v) is 1.02. The highest BCUT2D eigenvalue weighted by Crippen LogP contribution is 2.19. The van der Waals surface area contributed by atoms with E-state index < -0.39 is 0 Å². The zero-order chi connectivity index (χ0) is 8.32. The molecule has 11 heavy (non-hydrogen) atoms. The smallest absolute Gasteiger partial charge is 0.0378 e. The molecule has 1 aromatic carbocycles. The molecule has 0 radical (unpaired) electrons. The molecule has 1 aromatic rings. The predicted octanol–water partition coefficient (Wildman–Crippen LogP) is 2.27. The lowest BCUT2D eigenvalue weighted by molar-refractivity contribution is 0.476.